The van der Waals surface area contributed by atoms with Crippen molar-refractivity contribution in [3.8, 4) is 11.5 Å². The Labute approximate surface area is 115 Å². The fraction of sp³-hybridized carbons (Fsp3) is 0.214. The van der Waals surface area contributed by atoms with Crippen LogP contribution in [-0.4, -0.2) is 30.1 Å². The average Bonchev–Trinajstić information content (AvgIpc) is 2.94. The number of phenols is 1. The van der Waals surface area contributed by atoms with Crippen LogP contribution in [0.4, 0.5) is 0 Å². The van der Waals surface area contributed by atoms with Crippen LogP contribution in [0.25, 0.3) is 0 Å². The Kier molecular flexibility index (Phi) is 4.06. The first-order valence-electron chi connectivity index (χ1n) is 5.76. The van der Waals surface area contributed by atoms with Crippen molar-refractivity contribution in [3.05, 3.63) is 46.2 Å². The molecule has 0 aliphatic heterocycles. The summed E-state index contributed by atoms with van der Waals surface area (Å²) in [6, 6.07) is 8.73. The molecule has 0 unspecified atom stereocenters. The Morgan fingerprint density at radius 2 is 2.21 bits per heavy atom. The molecule has 1 N–H and O–H groups in total. The number of nitrogens with zero attached hydrogens (tertiary/aromatic N) is 1. The van der Waals surface area contributed by atoms with E-state index in [1.165, 1.54) is 18.4 Å². The predicted octanol–water partition coefficient (Wildman–Crippen LogP) is 2.73. The minimum atomic E-state index is -0.0120. The second kappa shape index (κ2) is 5.75. The molecule has 0 saturated heterocycles. The number of ether oxygens (including phenoxy) is 1. The van der Waals surface area contributed by atoms with Crippen LogP contribution in [0.15, 0.2) is 35.7 Å². The highest BCUT2D eigenvalue weighted by atomic mass is 32.1. The van der Waals surface area contributed by atoms with Crippen LogP contribution in [0.2, 0.25) is 0 Å². The molecule has 1 aromatic heterocycles. The molecule has 1 aromatic carbocycles. The molecular formula is C14H15NO3S. The molecular weight excluding hydrogens is 262 g/mol. The van der Waals surface area contributed by atoms with Gasteiger partial charge in [-0.25, -0.2) is 0 Å². The zero-order valence-electron chi connectivity index (χ0n) is 10.8. The third kappa shape index (κ3) is 3.06. The summed E-state index contributed by atoms with van der Waals surface area (Å²) in [5.41, 5.74) is 0.905. The Morgan fingerprint density at radius 3 is 2.84 bits per heavy atom. The molecule has 1 amide bonds. The highest BCUT2D eigenvalue weighted by Gasteiger charge is 2.13. The van der Waals surface area contributed by atoms with Crippen LogP contribution in [0.1, 0.15) is 15.2 Å². The maximum absolute atomic E-state index is 12.1. The van der Waals surface area contributed by atoms with Crippen molar-refractivity contribution in [1.29, 1.82) is 0 Å². The largest absolute Gasteiger partial charge is 0.504 e. The SMILES string of the molecule is COc1cc(CN(C)C(=O)c2cccs2)ccc1O. The average molecular weight is 277 g/mol. The number of hydrogen-bond donors (Lipinski definition) is 1. The number of carbonyl (C=O) groups is 1. The van der Waals surface area contributed by atoms with Gasteiger partial charge in [0.2, 0.25) is 0 Å². The van der Waals surface area contributed by atoms with Crippen LogP contribution in [0, 0.1) is 0 Å². The maximum atomic E-state index is 12.1. The first-order chi connectivity index (χ1) is 9.11. The van der Waals surface area contributed by atoms with E-state index in [0.29, 0.717) is 17.2 Å². The molecule has 19 heavy (non-hydrogen) atoms. The summed E-state index contributed by atoms with van der Waals surface area (Å²) in [5, 5.41) is 11.4. The highest BCUT2D eigenvalue weighted by molar-refractivity contribution is 7.12. The minimum Gasteiger partial charge on any atom is -0.504 e. The molecule has 0 aliphatic carbocycles. The summed E-state index contributed by atoms with van der Waals surface area (Å²) in [6.45, 7) is 0.466. The quantitative estimate of drug-likeness (QED) is 0.935. The maximum Gasteiger partial charge on any atom is 0.263 e. The van der Waals surface area contributed by atoms with Crippen LogP contribution < -0.4 is 4.74 Å². The lowest BCUT2D eigenvalue weighted by atomic mass is 10.2. The topological polar surface area (TPSA) is 49.8 Å². The molecule has 4 nitrogen and oxygen atoms in total. The van der Waals surface area contributed by atoms with Crippen LogP contribution in [-0.2, 0) is 6.54 Å². The van der Waals surface area contributed by atoms with Crippen molar-refractivity contribution in [1.82, 2.24) is 4.90 Å². The number of amides is 1. The number of carbonyl (C=O) groups excluding carboxylic acids is 1. The molecule has 0 bridgehead atoms. The number of aromatic hydroxyl groups is 1. The van der Waals surface area contributed by atoms with Crippen LogP contribution >= 0.6 is 11.3 Å². The number of hydrogen-bond acceptors (Lipinski definition) is 4. The summed E-state index contributed by atoms with van der Waals surface area (Å²) >= 11 is 1.42. The molecule has 2 rings (SSSR count). The molecule has 5 heteroatoms. The summed E-state index contributed by atoms with van der Waals surface area (Å²) < 4.78 is 5.05. The summed E-state index contributed by atoms with van der Waals surface area (Å²) in [6.07, 6.45) is 0. The van der Waals surface area contributed by atoms with Gasteiger partial charge in [-0.1, -0.05) is 12.1 Å². The summed E-state index contributed by atoms with van der Waals surface area (Å²) in [5.74, 6) is 0.495. The van der Waals surface area contributed by atoms with Crippen LogP contribution in [0.5, 0.6) is 11.5 Å². The highest BCUT2D eigenvalue weighted by Crippen LogP contribution is 2.26. The molecule has 2 aromatic rings. The fourth-order valence-corrected chi connectivity index (χ4v) is 2.47. The number of thiophene rings is 1. The third-order valence-corrected chi connectivity index (χ3v) is 3.60. The first kappa shape index (κ1) is 13.4. The van der Waals surface area contributed by atoms with Gasteiger partial charge >= 0.3 is 0 Å². The van der Waals surface area contributed by atoms with Crippen molar-refractivity contribution in [2.45, 2.75) is 6.54 Å². The van der Waals surface area contributed by atoms with Gasteiger partial charge in [0.1, 0.15) is 0 Å². The number of benzene rings is 1. The molecule has 0 radical (unpaired) electrons. The third-order valence-electron chi connectivity index (χ3n) is 2.74. The Balaban J connectivity index is 2.10. The normalized spacial score (nSPS) is 10.2. The molecule has 0 aliphatic rings. The van der Waals surface area contributed by atoms with Crippen molar-refractivity contribution in [3.63, 3.8) is 0 Å². The van der Waals surface area contributed by atoms with Gasteiger partial charge in [0.05, 0.1) is 12.0 Å². The Morgan fingerprint density at radius 1 is 1.42 bits per heavy atom. The van der Waals surface area contributed by atoms with Crippen molar-refractivity contribution < 1.29 is 14.6 Å². The molecule has 0 saturated carbocycles. The van der Waals surface area contributed by atoms with E-state index in [-0.39, 0.29) is 11.7 Å². The molecule has 0 fully saturated rings. The van der Waals surface area contributed by atoms with Gasteiger partial charge in [0, 0.05) is 13.6 Å². The summed E-state index contributed by atoms with van der Waals surface area (Å²) in [4.78, 5) is 14.4. The minimum absolute atomic E-state index is 0.0120. The van der Waals surface area contributed by atoms with Crippen molar-refractivity contribution in [2.24, 2.45) is 0 Å². The zero-order valence-corrected chi connectivity index (χ0v) is 11.6. The number of methoxy groups -OCH3 is 1. The standard InChI is InChI=1S/C14H15NO3S/c1-15(14(17)13-4-3-7-19-13)9-10-5-6-11(16)12(8-10)18-2/h3-8,16H,9H2,1-2H3. The van der Waals surface area contributed by atoms with Gasteiger partial charge in [-0.05, 0) is 29.1 Å². The Hall–Kier alpha value is -2.01. The van der Waals surface area contributed by atoms with E-state index in [1.807, 2.05) is 11.4 Å². The van der Waals surface area contributed by atoms with Gasteiger partial charge in [-0.3, -0.25) is 4.79 Å². The monoisotopic (exact) mass is 277 g/mol. The van der Waals surface area contributed by atoms with E-state index >= 15 is 0 Å². The number of rotatable bonds is 4. The number of phenolic OH excluding ortho intramolecular Hbond substituents is 1. The second-order valence-corrected chi connectivity index (χ2v) is 5.09. The van der Waals surface area contributed by atoms with Gasteiger partial charge in [-0.15, -0.1) is 11.3 Å². The van der Waals surface area contributed by atoms with Gasteiger partial charge < -0.3 is 14.7 Å². The van der Waals surface area contributed by atoms with E-state index in [4.69, 9.17) is 4.74 Å². The van der Waals surface area contributed by atoms with Crippen molar-refractivity contribution in [2.75, 3.05) is 14.2 Å². The lowest BCUT2D eigenvalue weighted by molar-refractivity contribution is 0.0790. The molecule has 0 atom stereocenters. The second-order valence-electron chi connectivity index (χ2n) is 4.14. The smallest absolute Gasteiger partial charge is 0.263 e. The van der Waals surface area contributed by atoms with E-state index in [1.54, 1.807) is 36.2 Å². The Bertz CT molecular complexity index is 566. The predicted molar refractivity (Wildman–Crippen MR) is 74.8 cm³/mol. The van der Waals surface area contributed by atoms with E-state index in [2.05, 4.69) is 0 Å². The lowest BCUT2D eigenvalue weighted by Crippen LogP contribution is -2.25. The van der Waals surface area contributed by atoms with E-state index < -0.39 is 0 Å². The van der Waals surface area contributed by atoms with Crippen molar-refractivity contribution >= 4 is 17.2 Å². The van der Waals surface area contributed by atoms with Gasteiger partial charge in [0.25, 0.3) is 5.91 Å². The molecule has 100 valence electrons. The lowest BCUT2D eigenvalue weighted by Gasteiger charge is -2.17. The van der Waals surface area contributed by atoms with Crippen LogP contribution in [0.3, 0.4) is 0 Å². The van der Waals surface area contributed by atoms with E-state index in [9.17, 15) is 9.90 Å². The fourth-order valence-electron chi connectivity index (χ4n) is 1.75. The summed E-state index contributed by atoms with van der Waals surface area (Å²) in [7, 11) is 3.25. The molecule has 0 spiro atoms. The first-order valence-corrected chi connectivity index (χ1v) is 6.64. The van der Waals surface area contributed by atoms with Gasteiger partial charge in [0.15, 0.2) is 11.5 Å². The zero-order chi connectivity index (χ0) is 13.8. The van der Waals surface area contributed by atoms with E-state index in [0.717, 1.165) is 5.56 Å². The molecule has 1 heterocycles. The van der Waals surface area contributed by atoms with Gasteiger partial charge in [-0.2, -0.15) is 0 Å².